The van der Waals surface area contributed by atoms with E-state index in [0.717, 1.165) is 6.42 Å². The maximum absolute atomic E-state index is 13.1. The lowest BCUT2D eigenvalue weighted by molar-refractivity contribution is 0.0718. The van der Waals surface area contributed by atoms with Crippen LogP contribution in [0.1, 0.15) is 35.2 Å². The fourth-order valence-electron chi connectivity index (χ4n) is 3.84. The Morgan fingerprint density at radius 2 is 2.03 bits per heavy atom. The van der Waals surface area contributed by atoms with Gasteiger partial charge in [-0.1, -0.05) is 18.2 Å². The van der Waals surface area contributed by atoms with Crippen LogP contribution in [0, 0.1) is 0 Å². The summed E-state index contributed by atoms with van der Waals surface area (Å²) < 4.78 is 6.79. The number of carbonyl (C=O) groups is 1. The van der Waals surface area contributed by atoms with Crippen LogP contribution in [0.15, 0.2) is 52.1 Å². The van der Waals surface area contributed by atoms with E-state index in [1.807, 2.05) is 12.1 Å². The number of pyridine rings is 1. The summed E-state index contributed by atoms with van der Waals surface area (Å²) in [4.78, 5) is 46.9. The second kappa shape index (κ2) is 8.00. The van der Waals surface area contributed by atoms with Crippen LogP contribution >= 0.6 is 0 Å². The van der Waals surface area contributed by atoms with Crippen LogP contribution < -0.4 is 11.1 Å². The minimum atomic E-state index is -0.347. The van der Waals surface area contributed by atoms with Crippen molar-refractivity contribution >= 4 is 16.8 Å². The number of carbonyl (C=O) groups excluding carboxylic acids is 1. The first kappa shape index (κ1) is 19.1. The monoisotopic (exact) mass is 394 g/mol. The van der Waals surface area contributed by atoms with Gasteiger partial charge in [-0.15, -0.1) is 0 Å². The zero-order valence-electron chi connectivity index (χ0n) is 16.1. The highest BCUT2D eigenvalue weighted by Crippen LogP contribution is 2.32. The summed E-state index contributed by atoms with van der Waals surface area (Å²) in [6, 6.07) is 11.4. The Labute approximate surface area is 166 Å². The third-order valence-electron chi connectivity index (χ3n) is 5.22. The van der Waals surface area contributed by atoms with Crippen LogP contribution in [0.25, 0.3) is 10.9 Å². The van der Waals surface area contributed by atoms with Gasteiger partial charge in [0.05, 0.1) is 30.1 Å². The lowest BCUT2D eigenvalue weighted by atomic mass is 10.1. The molecule has 4 rings (SSSR count). The quantitative estimate of drug-likeness (QED) is 0.711. The van der Waals surface area contributed by atoms with Gasteiger partial charge in [0.2, 0.25) is 5.56 Å². The molecule has 0 saturated carbocycles. The highest BCUT2D eigenvalue weighted by atomic mass is 16.5. The Balaban J connectivity index is 1.80. The molecule has 1 saturated heterocycles. The second-order valence-electron chi connectivity index (χ2n) is 7.02. The second-order valence-corrected chi connectivity index (χ2v) is 7.02. The molecule has 3 aromatic rings. The number of likely N-dealkylation sites (tertiary alicyclic amines) is 1. The van der Waals surface area contributed by atoms with E-state index < -0.39 is 0 Å². The van der Waals surface area contributed by atoms with Crippen LogP contribution in [0.2, 0.25) is 0 Å². The average molecular weight is 394 g/mol. The van der Waals surface area contributed by atoms with Gasteiger partial charge in [-0.25, -0.2) is 4.98 Å². The lowest BCUT2D eigenvalue weighted by Crippen LogP contribution is -2.37. The standard InChI is InChI=1S/C21H22N4O4/c1-29-13-12-25-19(23-15-7-3-2-6-14(15)20(25)27)17-9-5-11-24(17)21(28)16-8-4-10-18(26)22-16/h2-4,6-8,10,17H,5,9,11-13H2,1H3,(H,22,26). The summed E-state index contributed by atoms with van der Waals surface area (Å²) in [6.45, 7) is 1.25. The number of rotatable bonds is 5. The Bertz CT molecular complexity index is 1170. The van der Waals surface area contributed by atoms with Crippen molar-refractivity contribution < 1.29 is 9.53 Å². The van der Waals surface area contributed by atoms with Crippen LogP contribution in [0.4, 0.5) is 0 Å². The van der Waals surface area contributed by atoms with Gasteiger partial charge in [0.1, 0.15) is 11.5 Å². The fourth-order valence-corrected chi connectivity index (χ4v) is 3.84. The molecule has 1 fully saturated rings. The van der Waals surface area contributed by atoms with Crippen molar-refractivity contribution in [2.75, 3.05) is 20.3 Å². The summed E-state index contributed by atoms with van der Waals surface area (Å²) >= 11 is 0. The number of aromatic nitrogens is 3. The number of benzene rings is 1. The predicted octanol–water partition coefficient (Wildman–Crippen LogP) is 1.71. The van der Waals surface area contributed by atoms with Crippen molar-refractivity contribution in [3.8, 4) is 0 Å². The van der Waals surface area contributed by atoms with Crippen molar-refractivity contribution in [1.29, 1.82) is 0 Å². The highest BCUT2D eigenvalue weighted by molar-refractivity contribution is 5.92. The molecular weight excluding hydrogens is 372 g/mol. The Morgan fingerprint density at radius 3 is 2.83 bits per heavy atom. The number of para-hydroxylation sites is 1. The van der Waals surface area contributed by atoms with E-state index in [2.05, 4.69) is 4.98 Å². The first-order valence-electron chi connectivity index (χ1n) is 9.59. The smallest absolute Gasteiger partial charge is 0.270 e. The number of methoxy groups -OCH3 is 1. The number of nitrogens with zero attached hydrogens (tertiary/aromatic N) is 3. The van der Waals surface area contributed by atoms with Crippen molar-refractivity contribution in [3.63, 3.8) is 0 Å². The van der Waals surface area contributed by atoms with Gasteiger partial charge in [-0.3, -0.25) is 19.0 Å². The predicted molar refractivity (Wildman–Crippen MR) is 108 cm³/mol. The molecule has 3 heterocycles. The van der Waals surface area contributed by atoms with Crippen molar-refractivity contribution in [1.82, 2.24) is 19.4 Å². The molecular formula is C21H22N4O4. The zero-order chi connectivity index (χ0) is 20.4. The van der Waals surface area contributed by atoms with E-state index in [0.29, 0.717) is 42.8 Å². The van der Waals surface area contributed by atoms with E-state index in [4.69, 9.17) is 9.72 Å². The van der Waals surface area contributed by atoms with Crippen LogP contribution in [0.3, 0.4) is 0 Å². The van der Waals surface area contributed by atoms with Gasteiger partial charge >= 0.3 is 0 Å². The van der Waals surface area contributed by atoms with Crippen molar-refractivity contribution in [2.24, 2.45) is 0 Å². The molecule has 1 amide bonds. The van der Waals surface area contributed by atoms with E-state index >= 15 is 0 Å². The summed E-state index contributed by atoms with van der Waals surface area (Å²) in [6.07, 6.45) is 1.49. The zero-order valence-corrected chi connectivity index (χ0v) is 16.1. The van der Waals surface area contributed by atoms with E-state index in [1.54, 1.807) is 40.8 Å². The minimum absolute atomic E-state index is 0.143. The first-order valence-corrected chi connectivity index (χ1v) is 9.59. The van der Waals surface area contributed by atoms with E-state index in [1.165, 1.54) is 6.07 Å². The normalized spacial score (nSPS) is 16.4. The number of ether oxygens (including phenoxy) is 1. The van der Waals surface area contributed by atoms with Crippen LogP contribution in [-0.4, -0.2) is 45.6 Å². The molecule has 0 spiro atoms. The van der Waals surface area contributed by atoms with Crippen molar-refractivity contribution in [2.45, 2.75) is 25.4 Å². The molecule has 1 atom stereocenters. The number of H-pyrrole nitrogens is 1. The molecule has 0 aliphatic carbocycles. The summed E-state index contributed by atoms with van der Waals surface area (Å²) in [5, 5.41) is 0.538. The molecule has 1 N–H and O–H groups in total. The maximum atomic E-state index is 13.1. The van der Waals surface area contributed by atoms with Crippen LogP contribution in [-0.2, 0) is 11.3 Å². The Hall–Kier alpha value is -3.26. The summed E-state index contributed by atoms with van der Waals surface area (Å²) in [5.74, 6) is 0.278. The summed E-state index contributed by atoms with van der Waals surface area (Å²) in [5.41, 5.74) is 0.368. The average Bonchev–Trinajstić information content (AvgIpc) is 3.22. The topological polar surface area (TPSA) is 97.3 Å². The van der Waals surface area contributed by atoms with E-state index in [-0.39, 0.29) is 28.8 Å². The molecule has 1 aliphatic rings. The SMILES string of the molecule is COCCn1c(C2CCCN2C(=O)c2cccc(=O)[nH]2)nc2ccccc2c1=O. The van der Waals surface area contributed by atoms with Gasteiger partial charge in [-0.05, 0) is 31.0 Å². The number of amides is 1. The minimum Gasteiger partial charge on any atom is -0.383 e. The first-order chi connectivity index (χ1) is 14.1. The number of aromatic amines is 1. The molecule has 2 aromatic heterocycles. The van der Waals surface area contributed by atoms with Gasteiger partial charge in [0.25, 0.3) is 11.5 Å². The number of nitrogens with one attached hydrogen (secondary N) is 1. The fraction of sp³-hybridized carbons (Fsp3) is 0.333. The molecule has 8 nitrogen and oxygen atoms in total. The van der Waals surface area contributed by atoms with Crippen LogP contribution in [0.5, 0.6) is 0 Å². The summed E-state index contributed by atoms with van der Waals surface area (Å²) in [7, 11) is 1.58. The number of hydrogen-bond acceptors (Lipinski definition) is 5. The van der Waals surface area contributed by atoms with Gasteiger partial charge < -0.3 is 14.6 Å². The molecule has 1 aromatic carbocycles. The number of hydrogen-bond donors (Lipinski definition) is 1. The van der Waals surface area contributed by atoms with E-state index in [9.17, 15) is 14.4 Å². The third-order valence-corrected chi connectivity index (χ3v) is 5.22. The molecule has 0 radical (unpaired) electrons. The van der Waals surface area contributed by atoms with Gasteiger partial charge in [0, 0.05) is 19.7 Å². The largest absolute Gasteiger partial charge is 0.383 e. The molecule has 150 valence electrons. The highest BCUT2D eigenvalue weighted by Gasteiger charge is 2.34. The third kappa shape index (κ3) is 3.58. The Morgan fingerprint density at radius 1 is 1.21 bits per heavy atom. The molecule has 1 unspecified atom stereocenters. The Kier molecular flexibility index (Phi) is 5.26. The molecule has 0 bridgehead atoms. The maximum Gasteiger partial charge on any atom is 0.270 e. The molecule has 29 heavy (non-hydrogen) atoms. The van der Waals surface area contributed by atoms with Gasteiger partial charge in [0.15, 0.2) is 0 Å². The lowest BCUT2D eigenvalue weighted by Gasteiger charge is -2.26. The van der Waals surface area contributed by atoms with Gasteiger partial charge in [-0.2, -0.15) is 0 Å². The molecule has 8 heteroatoms. The van der Waals surface area contributed by atoms with Crippen molar-refractivity contribution in [3.05, 3.63) is 74.7 Å². The molecule has 1 aliphatic heterocycles. The number of fused-ring (bicyclic) bond motifs is 1.